The predicted octanol–water partition coefficient (Wildman–Crippen LogP) is 5.59. The van der Waals surface area contributed by atoms with Gasteiger partial charge in [-0.1, -0.05) is 60.1 Å². The van der Waals surface area contributed by atoms with Crippen LogP contribution in [0.2, 0.25) is 10.0 Å². The zero-order chi connectivity index (χ0) is 17.8. The van der Waals surface area contributed by atoms with Gasteiger partial charge in [-0.25, -0.2) is 10.3 Å². The number of hydrogen-bond acceptors (Lipinski definition) is 4. The molecule has 0 saturated heterocycles. The molecular weight excluding hydrogens is 361 g/mol. The summed E-state index contributed by atoms with van der Waals surface area (Å²) in [6.45, 7) is 3.81. The Balaban J connectivity index is 1.69. The fraction of sp³-hybridized carbons (Fsp3) is 0. The molecule has 0 unspecified atom stereocenters. The van der Waals surface area contributed by atoms with Gasteiger partial charge in [0, 0.05) is 16.1 Å². The maximum Gasteiger partial charge on any atom is 0.398 e. The molecule has 3 aromatic rings. The van der Waals surface area contributed by atoms with E-state index in [0.717, 1.165) is 5.56 Å². The zero-order valence-corrected chi connectivity index (χ0v) is 14.5. The Morgan fingerprint density at radius 2 is 1.80 bits per heavy atom. The van der Waals surface area contributed by atoms with Crippen LogP contribution in [-0.4, -0.2) is 5.97 Å². The topological polar surface area (TPSA) is 51.5 Å². The lowest BCUT2D eigenvalue weighted by Crippen LogP contribution is -2.17. The Labute approximate surface area is 154 Å². The minimum Gasteiger partial charge on any atom is -0.449 e. The van der Waals surface area contributed by atoms with E-state index >= 15 is 0 Å². The third-order valence-corrected chi connectivity index (χ3v) is 3.95. The van der Waals surface area contributed by atoms with Gasteiger partial charge in [-0.15, -0.1) is 0 Å². The first-order valence-electron chi connectivity index (χ1n) is 7.31. The van der Waals surface area contributed by atoms with Crippen molar-refractivity contribution in [3.8, 4) is 11.3 Å². The lowest BCUT2D eigenvalue weighted by molar-refractivity contribution is 0.0333. The van der Waals surface area contributed by atoms with Crippen LogP contribution >= 0.6 is 23.2 Å². The van der Waals surface area contributed by atoms with Gasteiger partial charge < -0.3 is 9.25 Å². The van der Waals surface area contributed by atoms with E-state index in [9.17, 15) is 4.79 Å². The SMILES string of the molecule is C=C(NOC(=O)c1ccc(-c2cc(Cl)ccc2Cl)o1)c1ccccc1. The molecule has 3 rings (SSSR count). The molecule has 0 amide bonds. The zero-order valence-electron chi connectivity index (χ0n) is 13.0. The van der Waals surface area contributed by atoms with Crippen molar-refractivity contribution in [2.75, 3.05) is 0 Å². The predicted molar refractivity (Wildman–Crippen MR) is 98.2 cm³/mol. The summed E-state index contributed by atoms with van der Waals surface area (Å²) < 4.78 is 5.52. The first-order valence-corrected chi connectivity index (χ1v) is 8.07. The van der Waals surface area contributed by atoms with E-state index in [4.69, 9.17) is 32.5 Å². The van der Waals surface area contributed by atoms with Crippen molar-refractivity contribution < 1.29 is 14.0 Å². The monoisotopic (exact) mass is 373 g/mol. The first kappa shape index (κ1) is 17.1. The van der Waals surface area contributed by atoms with Crippen molar-refractivity contribution in [3.05, 3.63) is 88.6 Å². The number of benzene rings is 2. The van der Waals surface area contributed by atoms with Crippen LogP contribution in [-0.2, 0) is 4.84 Å². The lowest BCUT2D eigenvalue weighted by Gasteiger charge is -2.08. The summed E-state index contributed by atoms with van der Waals surface area (Å²) in [5, 5.41) is 0.981. The van der Waals surface area contributed by atoms with Crippen LogP contribution in [0.3, 0.4) is 0 Å². The van der Waals surface area contributed by atoms with Gasteiger partial charge in [-0.3, -0.25) is 0 Å². The second kappa shape index (κ2) is 7.47. The molecule has 1 N–H and O–H groups in total. The minimum absolute atomic E-state index is 0.0272. The van der Waals surface area contributed by atoms with E-state index in [-0.39, 0.29) is 5.76 Å². The summed E-state index contributed by atoms with van der Waals surface area (Å²) in [5.74, 6) is -0.234. The standard InChI is InChI=1S/C19H13Cl2NO3/c1-12(13-5-3-2-4-6-13)22-25-19(23)18-10-9-17(24-18)15-11-14(20)7-8-16(15)21/h2-11,22H,1H2. The van der Waals surface area contributed by atoms with Crippen LogP contribution in [0.5, 0.6) is 0 Å². The average molecular weight is 374 g/mol. The van der Waals surface area contributed by atoms with Crippen molar-refractivity contribution in [3.63, 3.8) is 0 Å². The summed E-state index contributed by atoms with van der Waals surface area (Å²) in [7, 11) is 0. The maximum absolute atomic E-state index is 12.1. The Hall–Kier alpha value is -2.69. The number of carbonyl (C=O) groups is 1. The minimum atomic E-state index is -0.679. The van der Waals surface area contributed by atoms with Crippen molar-refractivity contribution >= 4 is 34.9 Å². The molecule has 0 aliphatic heterocycles. The Morgan fingerprint density at radius 1 is 1.04 bits per heavy atom. The second-order valence-electron chi connectivity index (χ2n) is 5.12. The molecule has 0 fully saturated rings. The Morgan fingerprint density at radius 3 is 2.56 bits per heavy atom. The highest BCUT2D eigenvalue weighted by molar-refractivity contribution is 6.35. The highest BCUT2D eigenvalue weighted by atomic mass is 35.5. The molecule has 4 nitrogen and oxygen atoms in total. The van der Waals surface area contributed by atoms with Gasteiger partial charge in [0.25, 0.3) is 0 Å². The quantitative estimate of drug-likeness (QED) is 0.592. The molecule has 1 aromatic heterocycles. The fourth-order valence-electron chi connectivity index (χ4n) is 2.14. The molecule has 126 valence electrons. The van der Waals surface area contributed by atoms with Crippen LogP contribution in [0.4, 0.5) is 0 Å². The number of halogens is 2. The molecule has 0 aliphatic rings. The van der Waals surface area contributed by atoms with Crippen LogP contribution in [0.1, 0.15) is 16.1 Å². The first-order chi connectivity index (χ1) is 12.0. The molecular formula is C19H13Cl2NO3. The summed E-state index contributed by atoms with van der Waals surface area (Å²) in [6, 6.07) is 17.4. The van der Waals surface area contributed by atoms with Gasteiger partial charge in [0.05, 0.1) is 10.7 Å². The van der Waals surface area contributed by atoms with Crippen LogP contribution in [0.25, 0.3) is 17.0 Å². The summed E-state index contributed by atoms with van der Waals surface area (Å²) in [5.41, 5.74) is 4.37. The third-order valence-electron chi connectivity index (χ3n) is 3.39. The molecule has 0 bridgehead atoms. The molecule has 0 aliphatic carbocycles. The molecule has 25 heavy (non-hydrogen) atoms. The Kier molecular flexibility index (Phi) is 5.12. The normalized spacial score (nSPS) is 10.3. The number of hydrogen-bond donors (Lipinski definition) is 1. The number of rotatable bonds is 5. The van der Waals surface area contributed by atoms with Crippen molar-refractivity contribution in [2.24, 2.45) is 0 Å². The third kappa shape index (κ3) is 4.05. The molecule has 6 heteroatoms. The summed E-state index contributed by atoms with van der Waals surface area (Å²) >= 11 is 12.1. The van der Waals surface area contributed by atoms with Crippen molar-refractivity contribution in [1.29, 1.82) is 0 Å². The number of nitrogens with one attached hydrogen (secondary N) is 1. The fourth-order valence-corrected chi connectivity index (χ4v) is 2.52. The van der Waals surface area contributed by atoms with Gasteiger partial charge >= 0.3 is 5.97 Å². The summed E-state index contributed by atoms with van der Waals surface area (Å²) in [4.78, 5) is 17.1. The van der Waals surface area contributed by atoms with Crippen LogP contribution in [0.15, 0.2) is 71.7 Å². The molecule has 0 spiro atoms. The van der Waals surface area contributed by atoms with Crippen LogP contribution in [0, 0.1) is 0 Å². The van der Waals surface area contributed by atoms with E-state index < -0.39 is 5.97 Å². The van der Waals surface area contributed by atoms with E-state index in [1.54, 1.807) is 24.3 Å². The molecule has 2 aromatic carbocycles. The van der Waals surface area contributed by atoms with Crippen LogP contribution < -0.4 is 5.48 Å². The van der Waals surface area contributed by atoms with Gasteiger partial charge in [-0.2, -0.15) is 0 Å². The largest absolute Gasteiger partial charge is 0.449 e. The number of carbonyl (C=O) groups excluding carboxylic acids is 1. The molecule has 0 radical (unpaired) electrons. The van der Waals surface area contributed by atoms with Crippen molar-refractivity contribution in [1.82, 2.24) is 5.48 Å². The molecule has 0 saturated carbocycles. The number of furan rings is 1. The van der Waals surface area contributed by atoms with E-state index in [1.807, 2.05) is 30.3 Å². The number of hydroxylamine groups is 1. The summed E-state index contributed by atoms with van der Waals surface area (Å²) in [6.07, 6.45) is 0. The van der Waals surface area contributed by atoms with Gasteiger partial charge in [0.2, 0.25) is 5.76 Å². The van der Waals surface area contributed by atoms with E-state index in [0.29, 0.717) is 27.1 Å². The van der Waals surface area contributed by atoms with Gasteiger partial charge in [0.1, 0.15) is 5.76 Å². The molecule has 0 atom stereocenters. The molecule has 1 heterocycles. The van der Waals surface area contributed by atoms with E-state index in [1.165, 1.54) is 6.07 Å². The Bertz CT molecular complexity index is 919. The highest BCUT2D eigenvalue weighted by Gasteiger charge is 2.16. The smallest absolute Gasteiger partial charge is 0.398 e. The average Bonchev–Trinajstić information content (AvgIpc) is 3.12. The maximum atomic E-state index is 12.1. The highest BCUT2D eigenvalue weighted by Crippen LogP contribution is 2.31. The second-order valence-corrected chi connectivity index (χ2v) is 5.97. The van der Waals surface area contributed by atoms with Gasteiger partial charge in [-0.05, 0) is 30.3 Å². The lowest BCUT2D eigenvalue weighted by atomic mass is 10.2. The van der Waals surface area contributed by atoms with Gasteiger partial charge in [0.15, 0.2) is 0 Å². The van der Waals surface area contributed by atoms with E-state index in [2.05, 4.69) is 12.1 Å². The van der Waals surface area contributed by atoms with Crippen molar-refractivity contribution in [2.45, 2.75) is 0 Å².